The van der Waals surface area contributed by atoms with Crippen molar-refractivity contribution in [1.82, 2.24) is 0 Å². The van der Waals surface area contributed by atoms with E-state index in [0.29, 0.717) is 17.1 Å². The minimum atomic E-state index is -0.264. The molecule has 0 unspecified atom stereocenters. The lowest BCUT2D eigenvalue weighted by Crippen LogP contribution is -2.20. The number of anilines is 1. The van der Waals surface area contributed by atoms with E-state index in [2.05, 4.69) is 49.9 Å². The molecule has 1 N–H and O–H groups in total. The molecule has 3 aromatic carbocycles. The Morgan fingerprint density at radius 1 is 1.19 bits per heavy atom. The van der Waals surface area contributed by atoms with Gasteiger partial charge >= 0.3 is 0 Å². The minimum absolute atomic E-state index is 0.155. The number of hydrogen-bond donors (Lipinski definition) is 1. The van der Waals surface area contributed by atoms with Crippen molar-refractivity contribution in [3.05, 3.63) is 85.4 Å². The van der Waals surface area contributed by atoms with E-state index in [4.69, 9.17) is 9.47 Å². The lowest BCUT2D eigenvalue weighted by molar-refractivity contribution is -0.118. The molecule has 7 heteroatoms. The summed E-state index contributed by atoms with van der Waals surface area (Å²) in [4.78, 5) is 12.3. The average Bonchev–Trinajstić information content (AvgIpc) is 2.77. The van der Waals surface area contributed by atoms with Gasteiger partial charge in [-0.3, -0.25) is 4.79 Å². The topological polar surface area (TPSA) is 71.3 Å². The highest BCUT2D eigenvalue weighted by atomic mass is 127. The van der Waals surface area contributed by atoms with Crippen LogP contribution >= 0.6 is 38.5 Å². The second kappa shape index (κ2) is 11.2. The zero-order valence-electron chi connectivity index (χ0n) is 17.5. The Balaban J connectivity index is 1.78. The standard InChI is InChI=1S/C25H20BrIN2O3/c1-16-4-3-5-21(10-16)29-24(30)15-32-25-22(27)12-17(13-23(25)31-2)11-19(14-28)18-6-8-20(26)9-7-18/h3-13H,15H2,1-2H3,(H,29,30)/b19-11+. The zero-order chi connectivity index (χ0) is 23.1. The maximum absolute atomic E-state index is 12.3. The average molecular weight is 603 g/mol. The van der Waals surface area contributed by atoms with Crippen LogP contribution in [0.3, 0.4) is 0 Å². The van der Waals surface area contributed by atoms with E-state index >= 15 is 0 Å². The molecule has 0 radical (unpaired) electrons. The van der Waals surface area contributed by atoms with Crippen molar-refractivity contribution < 1.29 is 14.3 Å². The summed E-state index contributed by atoms with van der Waals surface area (Å²) in [5, 5.41) is 12.4. The number of nitriles is 1. The van der Waals surface area contributed by atoms with Gasteiger partial charge in [0, 0.05) is 10.2 Å². The molecule has 0 aliphatic carbocycles. The van der Waals surface area contributed by atoms with Gasteiger partial charge in [0.15, 0.2) is 18.1 Å². The first-order valence-corrected chi connectivity index (χ1v) is 11.5. The number of ether oxygens (including phenoxy) is 2. The largest absolute Gasteiger partial charge is 0.493 e. The molecule has 0 aliphatic heterocycles. The number of rotatable bonds is 7. The quantitative estimate of drug-likeness (QED) is 0.192. The van der Waals surface area contributed by atoms with Gasteiger partial charge in [-0.1, -0.05) is 40.2 Å². The molecule has 3 rings (SSSR count). The number of hydrogen-bond acceptors (Lipinski definition) is 4. The second-order valence-electron chi connectivity index (χ2n) is 6.92. The summed E-state index contributed by atoms with van der Waals surface area (Å²) in [6.45, 7) is 1.81. The van der Waals surface area contributed by atoms with Crippen LogP contribution in [0.2, 0.25) is 0 Å². The fraction of sp³-hybridized carbons (Fsp3) is 0.120. The Kier molecular flexibility index (Phi) is 8.31. The summed E-state index contributed by atoms with van der Waals surface area (Å²) in [6, 6.07) is 21.0. The Labute approximate surface area is 209 Å². The van der Waals surface area contributed by atoms with E-state index in [1.165, 1.54) is 0 Å². The molecule has 3 aromatic rings. The number of allylic oxidation sites excluding steroid dienone is 1. The van der Waals surface area contributed by atoms with E-state index in [9.17, 15) is 10.1 Å². The van der Waals surface area contributed by atoms with Gasteiger partial charge in [-0.2, -0.15) is 5.26 Å². The monoisotopic (exact) mass is 602 g/mol. The van der Waals surface area contributed by atoms with Crippen molar-refractivity contribution >= 4 is 61.8 Å². The minimum Gasteiger partial charge on any atom is -0.493 e. The first-order chi connectivity index (χ1) is 15.4. The van der Waals surface area contributed by atoms with Crippen LogP contribution in [0, 0.1) is 21.8 Å². The van der Waals surface area contributed by atoms with Gasteiger partial charge in [0.05, 0.1) is 22.3 Å². The highest BCUT2D eigenvalue weighted by Crippen LogP contribution is 2.35. The third-order valence-electron chi connectivity index (χ3n) is 4.49. The molecule has 0 aliphatic rings. The number of nitrogens with zero attached hydrogens (tertiary/aromatic N) is 1. The summed E-state index contributed by atoms with van der Waals surface area (Å²) in [5.74, 6) is 0.700. The molecule has 0 fully saturated rings. The van der Waals surface area contributed by atoms with Crippen molar-refractivity contribution in [2.24, 2.45) is 0 Å². The third kappa shape index (κ3) is 6.34. The molecule has 0 bridgehead atoms. The van der Waals surface area contributed by atoms with Gasteiger partial charge in [0.2, 0.25) is 0 Å². The van der Waals surface area contributed by atoms with Gasteiger partial charge in [-0.05, 0) is 88.7 Å². The molecule has 0 spiro atoms. The van der Waals surface area contributed by atoms with Crippen molar-refractivity contribution in [1.29, 1.82) is 5.26 Å². The molecule has 0 aromatic heterocycles. The van der Waals surface area contributed by atoms with E-state index in [1.54, 1.807) is 19.3 Å². The Bertz CT molecular complexity index is 1200. The number of aryl methyl sites for hydroxylation is 1. The number of carbonyl (C=O) groups is 1. The molecule has 0 saturated heterocycles. The van der Waals surface area contributed by atoms with E-state index in [-0.39, 0.29) is 12.5 Å². The summed E-state index contributed by atoms with van der Waals surface area (Å²) in [5.41, 5.74) is 3.92. The van der Waals surface area contributed by atoms with Crippen LogP contribution in [0.25, 0.3) is 11.6 Å². The summed E-state index contributed by atoms with van der Waals surface area (Å²) < 4.78 is 13.0. The third-order valence-corrected chi connectivity index (χ3v) is 5.82. The van der Waals surface area contributed by atoms with Gasteiger partial charge in [-0.25, -0.2) is 0 Å². The fourth-order valence-corrected chi connectivity index (χ4v) is 4.04. The van der Waals surface area contributed by atoms with Gasteiger partial charge < -0.3 is 14.8 Å². The molecule has 162 valence electrons. The van der Waals surface area contributed by atoms with Crippen molar-refractivity contribution in [3.8, 4) is 17.6 Å². The molecular weight excluding hydrogens is 583 g/mol. The molecule has 0 atom stereocenters. The predicted molar refractivity (Wildman–Crippen MR) is 139 cm³/mol. The Morgan fingerprint density at radius 2 is 1.94 bits per heavy atom. The molecule has 32 heavy (non-hydrogen) atoms. The van der Waals surface area contributed by atoms with Crippen LogP contribution < -0.4 is 14.8 Å². The van der Waals surface area contributed by atoms with E-state index in [1.807, 2.05) is 61.5 Å². The van der Waals surface area contributed by atoms with Crippen LogP contribution in [0.5, 0.6) is 11.5 Å². The molecular formula is C25H20BrIN2O3. The second-order valence-corrected chi connectivity index (χ2v) is 9.00. The summed E-state index contributed by atoms with van der Waals surface area (Å²) in [7, 11) is 1.54. The van der Waals surface area contributed by atoms with Crippen molar-refractivity contribution in [2.75, 3.05) is 19.0 Å². The molecule has 0 heterocycles. The first kappa shape index (κ1) is 23.8. The number of nitrogens with one attached hydrogen (secondary N) is 1. The first-order valence-electron chi connectivity index (χ1n) is 9.64. The SMILES string of the molecule is COc1cc(/C=C(\C#N)c2ccc(Br)cc2)cc(I)c1OCC(=O)Nc1cccc(C)c1. The summed E-state index contributed by atoms with van der Waals surface area (Å²) >= 11 is 5.54. The van der Waals surface area contributed by atoms with E-state index in [0.717, 1.165) is 30.4 Å². The highest BCUT2D eigenvalue weighted by molar-refractivity contribution is 14.1. The Hall–Kier alpha value is -2.83. The smallest absolute Gasteiger partial charge is 0.262 e. The van der Waals surface area contributed by atoms with Crippen LogP contribution in [0.4, 0.5) is 5.69 Å². The zero-order valence-corrected chi connectivity index (χ0v) is 21.2. The number of halogens is 2. The maximum Gasteiger partial charge on any atom is 0.262 e. The number of benzene rings is 3. The predicted octanol–water partition coefficient (Wildman–Crippen LogP) is 6.45. The maximum atomic E-state index is 12.3. The van der Waals surface area contributed by atoms with Crippen LogP contribution in [-0.2, 0) is 4.79 Å². The molecule has 0 saturated carbocycles. The highest BCUT2D eigenvalue weighted by Gasteiger charge is 2.14. The number of amides is 1. The van der Waals surface area contributed by atoms with Gasteiger partial charge in [0.1, 0.15) is 0 Å². The summed E-state index contributed by atoms with van der Waals surface area (Å²) in [6.07, 6.45) is 1.79. The Morgan fingerprint density at radius 3 is 2.59 bits per heavy atom. The normalized spacial score (nSPS) is 10.9. The number of carbonyl (C=O) groups excluding carboxylic acids is 1. The van der Waals surface area contributed by atoms with E-state index < -0.39 is 0 Å². The van der Waals surface area contributed by atoms with Crippen LogP contribution in [0.1, 0.15) is 16.7 Å². The molecule has 5 nitrogen and oxygen atoms in total. The number of methoxy groups -OCH3 is 1. The fourth-order valence-electron chi connectivity index (χ4n) is 3.00. The van der Waals surface area contributed by atoms with Crippen molar-refractivity contribution in [2.45, 2.75) is 6.92 Å². The van der Waals surface area contributed by atoms with Gasteiger partial charge in [0.25, 0.3) is 5.91 Å². The molecule has 1 amide bonds. The van der Waals surface area contributed by atoms with Crippen LogP contribution in [0.15, 0.2) is 65.1 Å². The lowest BCUT2D eigenvalue weighted by Gasteiger charge is -2.14. The van der Waals surface area contributed by atoms with Crippen LogP contribution in [-0.4, -0.2) is 19.6 Å². The van der Waals surface area contributed by atoms with Gasteiger partial charge in [-0.15, -0.1) is 0 Å². The lowest BCUT2D eigenvalue weighted by atomic mass is 10.0. The van der Waals surface area contributed by atoms with Crippen molar-refractivity contribution in [3.63, 3.8) is 0 Å².